The van der Waals surface area contributed by atoms with Gasteiger partial charge in [-0.2, -0.15) is 0 Å². The molecule has 0 unspecified atom stereocenters. The van der Waals surface area contributed by atoms with Crippen LogP contribution in [0.15, 0.2) is 12.2 Å². The summed E-state index contributed by atoms with van der Waals surface area (Å²) in [5.41, 5.74) is 0. The molecule has 0 aliphatic carbocycles. The van der Waals surface area contributed by atoms with Gasteiger partial charge in [0.1, 0.15) is 12.1 Å². The molecule has 3 heteroatoms. The zero-order valence-corrected chi connectivity index (χ0v) is 15.9. The minimum atomic E-state index is -0.544. The van der Waals surface area contributed by atoms with Gasteiger partial charge in [-0.05, 0) is 12.8 Å². The molecule has 0 aliphatic heterocycles. The molecule has 138 valence electrons. The first kappa shape index (κ1) is 22.6. The lowest BCUT2D eigenvalue weighted by Crippen LogP contribution is -3.12. The molecule has 0 aliphatic rings. The standard InChI is InChI=1S/C20H41NO2/c1-4-5-6-7-8-9-10-11-12-13-14-15-16-17-20(23)19(18-22)21(2)3/h16-17,19-20,22-23H,4-15,18H2,1-3H3/p+1/b17-16+/t19-,20+/m0/s1. The van der Waals surface area contributed by atoms with Gasteiger partial charge in [-0.3, -0.25) is 0 Å². The second-order valence-electron chi connectivity index (χ2n) is 7.11. The molecular formula is C20H42NO2+. The smallest absolute Gasteiger partial charge is 0.140 e. The summed E-state index contributed by atoms with van der Waals surface area (Å²) in [6.07, 6.45) is 19.4. The molecule has 0 saturated heterocycles. The van der Waals surface area contributed by atoms with Crippen LogP contribution in [0.3, 0.4) is 0 Å². The normalized spacial score (nSPS) is 14.7. The fourth-order valence-corrected chi connectivity index (χ4v) is 2.93. The summed E-state index contributed by atoms with van der Waals surface area (Å²) >= 11 is 0. The number of unbranched alkanes of at least 4 members (excludes halogenated alkanes) is 11. The van der Waals surface area contributed by atoms with Crippen molar-refractivity contribution in [3.63, 3.8) is 0 Å². The molecule has 0 aromatic carbocycles. The van der Waals surface area contributed by atoms with Crippen LogP contribution in [0, 0.1) is 0 Å². The average Bonchev–Trinajstić information content (AvgIpc) is 2.52. The minimum Gasteiger partial charge on any atom is -0.390 e. The summed E-state index contributed by atoms with van der Waals surface area (Å²) in [4.78, 5) is 1.08. The van der Waals surface area contributed by atoms with Gasteiger partial charge in [-0.25, -0.2) is 0 Å². The maximum absolute atomic E-state index is 9.99. The Balaban J connectivity index is 3.40. The molecule has 0 heterocycles. The highest BCUT2D eigenvalue weighted by atomic mass is 16.3. The minimum absolute atomic E-state index is 0.0201. The van der Waals surface area contributed by atoms with E-state index in [9.17, 15) is 10.2 Å². The predicted molar refractivity (Wildman–Crippen MR) is 99.9 cm³/mol. The van der Waals surface area contributed by atoms with Crippen LogP contribution in [0.25, 0.3) is 0 Å². The number of quaternary nitrogens is 1. The van der Waals surface area contributed by atoms with Crippen molar-refractivity contribution in [1.82, 2.24) is 0 Å². The van der Waals surface area contributed by atoms with Gasteiger partial charge in [0.05, 0.1) is 20.7 Å². The van der Waals surface area contributed by atoms with Crippen LogP contribution in [-0.4, -0.2) is 43.1 Å². The Hall–Kier alpha value is -0.380. The number of allylic oxidation sites excluding steroid dienone is 1. The number of hydrogen-bond acceptors (Lipinski definition) is 2. The molecular weight excluding hydrogens is 286 g/mol. The maximum Gasteiger partial charge on any atom is 0.140 e. The highest BCUT2D eigenvalue weighted by Crippen LogP contribution is 2.12. The SMILES string of the molecule is CCCCCCCCCCCCC/C=C/[C@@H](O)[C@H](CO)[NH+](C)C. The molecule has 0 aromatic heterocycles. The van der Waals surface area contributed by atoms with Gasteiger partial charge in [0.25, 0.3) is 0 Å². The van der Waals surface area contributed by atoms with Gasteiger partial charge in [0.2, 0.25) is 0 Å². The number of aliphatic hydroxyl groups is 2. The Labute approximate surface area is 144 Å². The zero-order valence-electron chi connectivity index (χ0n) is 15.9. The Morgan fingerprint density at radius 2 is 1.30 bits per heavy atom. The molecule has 3 nitrogen and oxygen atoms in total. The summed E-state index contributed by atoms with van der Waals surface area (Å²) < 4.78 is 0. The van der Waals surface area contributed by atoms with E-state index in [-0.39, 0.29) is 12.6 Å². The molecule has 0 bridgehead atoms. The van der Waals surface area contributed by atoms with E-state index in [1.807, 2.05) is 20.2 Å². The van der Waals surface area contributed by atoms with Gasteiger partial charge in [-0.1, -0.05) is 83.3 Å². The second-order valence-corrected chi connectivity index (χ2v) is 7.11. The first-order chi connectivity index (χ1) is 11.1. The van der Waals surface area contributed by atoms with E-state index in [1.54, 1.807) is 0 Å². The number of nitrogens with one attached hydrogen (secondary N) is 1. The molecule has 0 fully saturated rings. The third kappa shape index (κ3) is 13.7. The van der Waals surface area contributed by atoms with Crippen LogP contribution >= 0.6 is 0 Å². The molecule has 0 radical (unpaired) electrons. The largest absolute Gasteiger partial charge is 0.390 e. The number of rotatable bonds is 16. The predicted octanol–water partition coefficient (Wildman–Crippen LogP) is 3.11. The Morgan fingerprint density at radius 1 is 0.826 bits per heavy atom. The summed E-state index contributed by atoms with van der Waals surface area (Å²) in [5.74, 6) is 0. The number of hydrogen-bond donors (Lipinski definition) is 3. The van der Waals surface area contributed by atoms with Crippen LogP contribution in [-0.2, 0) is 0 Å². The molecule has 0 saturated carbocycles. The molecule has 0 amide bonds. The van der Waals surface area contributed by atoms with E-state index >= 15 is 0 Å². The molecule has 0 spiro atoms. The summed E-state index contributed by atoms with van der Waals surface area (Å²) in [7, 11) is 3.92. The zero-order chi connectivity index (χ0) is 17.3. The van der Waals surface area contributed by atoms with Crippen LogP contribution < -0.4 is 4.90 Å². The molecule has 2 atom stereocenters. The van der Waals surface area contributed by atoms with Crippen LogP contribution in [0.2, 0.25) is 0 Å². The fraction of sp³-hybridized carbons (Fsp3) is 0.900. The average molecular weight is 329 g/mol. The van der Waals surface area contributed by atoms with Crippen molar-refractivity contribution in [2.75, 3.05) is 20.7 Å². The van der Waals surface area contributed by atoms with Crippen LogP contribution in [0.5, 0.6) is 0 Å². The van der Waals surface area contributed by atoms with Crippen molar-refractivity contribution in [2.45, 2.75) is 96.1 Å². The third-order valence-electron chi connectivity index (χ3n) is 4.66. The highest BCUT2D eigenvalue weighted by molar-refractivity contribution is 4.92. The number of likely N-dealkylation sites (N-methyl/N-ethyl adjacent to an activating group) is 1. The molecule has 0 rings (SSSR count). The quantitative estimate of drug-likeness (QED) is 0.301. The van der Waals surface area contributed by atoms with Crippen molar-refractivity contribution in [3.8, 4) is 0 Å². The van der Waals surface area contributed by atoms with Crippen molar-refractivity contribution in [1.29, 1.82) is 0 Å². The third-order valence-corrected chi connectivity index (χ3v) is 4.66. The van der Waals surface area contributed by atoms with E-state index in [0.717, 1.165) is 11.3 Å². The summed E-state index contributed by atoms with van der Waals surface area (Å²) in [6.45, 7) is 2.29. The Morgan fingerprint density at radius 3 is 1.74 bits per heavy atom. The fourth-order valence-electron chi connectivity index (χ4n) is 2.93. The Bertz CT molecular complexity index is 266. The van der Waals surface area contributed by atoms with Gasteiger partial charge < -0.3 is 15.1 Å². The first-order valence-corrected chi connectivity index (χ1v) is 9.89. The van der Waals surface area contributed by atoms with Crippen molar-refractivity contribution < 1.29 is 15.1 Å². The first-order valence-electron chi connectivity index (χ1n) is 9.89. The van der Waals surface area contributed by atoms with Gasteiger partial charge in [0.15, 0.2) is 0 Å². The summed E-state index contributed by atoms with van der Waals surface area (Å²) in [5, 5.41) is 19.2. The maximum atomic E-state index is 9.99. The Kier molecular flexibility index (Phi) is 16.2. The topological polar surface area (TPSA) is 44.9 Å². The van der Waals surface area contributed by atoms with Crippen LogP contribution in [0.1, 0.15) is 84.0 Å². The van der Waals surface area contributed by atoms with Crippen molar-refractivity contribution in [2.24, 2.45) is 0 Å². The van der Waals surface area contributed by atoms with E-state index < -0.39 is 6.10 Å². The molecule has 23 heavy (non-hydrogen) atoms. The summed E-state index contributed by atoms with van der Waals surface area (Å²) in [6, 6.07) is -0.122. The van der Waals surface area contributed by atoms with E-state index in [1.165, 1.54) is 70.6 Å². The van der Waals surface area contributed by atoms with E-state index in [2.05, 4.69) is 13.0 Å². The van der Waals surface area contributed by atoms with Gasteiger partial charge >= 0.3 is 0 Å². The van der Waals surface area contributed by atoms with Crippen molar-refractivity contribution in [3.05, 3.63) is 12.2 Å². The highest BCUT2D eigenvalue weighted by Gasteiger charge is 2.21. The van der Waals surface area contributed by atoms with Crippen LogP contribution in [0.4, 0.5) is 0 Å². The lowest BCUT2D eigenvalue weighted by atomic mass is 10.0. The second kappa shape index (κ2) is 16.5. The van der Waals surface area contributed by atoms with E-state index in [0.29, 0.717) is 0 Å². The lowest BCUT2D eigenvalue weighted by Gasteiger charge is -2.22. The number of aliphatic hydroxyl groups excluding tert-OH is 2. The monoisotopic (exact) mass is 328 g/mol. The van der Waals surface area contributed by atoms with E-state index in [4.69, 9.17) is 0 Å². The van der Waals surface area contributed by atoms with Crippen molar-refractivity contribution >= 4 is 0 Å². The lowest BCUT2D eigenvalue weighted by molar-refractivity contribution is -0.889. The van der Waals surface area contributed by atoms with Gasteiger partial charge in [-0.15, -0.1) is 0 Å². The van der Waals surface area contributed by atoms with Gasteiger partial charge in [0, 0.05) is 0 Å². The molecule has 3 N–H and O–H groups in total. The molecule has 0 aromatic rings.